The normalized spacial score (nSPS) is 27.5. The van der Waals surface area contributed by atoms with Crippen molar-refractivity contribution < 1.29 is 9.53 Å². The van der Waals surface area contributed by atoms with E-state index < -0.39 is 0 Å². The number of carbonyl (C=O) groups excluding carboxylic acids is 1. The van der Waals surface area contributed by atoms with E-state index in [-0.39, 0.29) is 5.91 Å². The fraction of sp³-hybridized carbons (Fsp3) is 0.941. The summed E-state index contributed by atoms with van der Waals surface area (Å²) in [5.74, 6) is 1.14. The largest absolute Gasteiger partial charge is 0.378 e. The molecule has 0 atom stereocenters. The predicted molar refractivity (Wildman–Crippen MR) is 85.3 cm³/mol. The maximum Gasteiger partial charge on any atom is 0.224 e. The molecular formula is C17H32N2O2. The first-order valence-electron chi connectivity index (χ1n) is 8.78. The van der Waals surface area contributed by atoms with Crippen LogP contribution in [0.4, 0.5) is 0 Å². The highest BCUT2D eigenvalue weighted by molar-refractivity contribution is 5.76. The molecule has 0 radical (unpaired) electrons. The molecule has 2 fully saturated rings. The predicted octanol–water partition coefficient (Wildman–Crippen LogP) is 2.57. The van der Waals surface area contributed by atoms with Crippen molar-refractivity contribution in [2.75, 3.05) is 26.7 Å². The van der Waals surface area contributed by atoms with Crippen molar-refractivity contribution in [1.82, 2.24) is 10.2 Å². The van der Waals surface area contributed by atoms with Crippen molar-refractivity contribution in [1.29, 1.82) is 0 Å². The van der Waals surface area contributed by atoms with E-state index in [4.69, 9.17) is 4.74 Å². The Hall–Kier alpha value is -0.610. The number of rotatable bonds is 6. The zero-order valence-corrected chi connectivity index (χ0v) is 13.8. The van der Waals surface area contributed by atoms with Crippen LogP contribution in [0.2, 0.25) is 0 Å². The van der Waals surface area contributed by atoms with Gasteiger partial charge in [0.2, 0.25) is 5.91 Å². The molecule has 21 heavy (non-hydrogen) atoms. The van der Waals surface area contributed by atoms with Crippen molar-refractivity contribution in [3.63, 3.8) is 0 Å². The Bertz CT molecular complexity index is 308. The van der Waals surface area contributed by atoms with Gasteiger partial charge in [0, 0.05) is 13.1 Å². The maximum atomic E-state index is 12.3. The molecule has 0 aromatic carbocycles. The minimum absolute atomic E-state index is 0.254. The van der Waals surface area contributed by atoms with Crippen LogP contribution in [0, 0.1) is 5.92 Å². The monoisotopic (exact) mass is 296 g/mol. The summed E-state index contributed by atoms with van der Waals surface area (Å²) in [4.78, 5) is 14.3. The van der Waals surface area contributed by atoms with Crippen LogP contribution >= 0.6 is 0 Å². The third kappa shape index (κ3) is 5.26. The summed E-state index contributed by atoms with van der Waals surface area (Å²) in [6.45, 7) is 4.94. The van der Waals surface area contributed by atoms with Gasteiger partial charge in [0.25, 0.3) is 0 Å². The fourth-order valence-corrected chi connectivity index (χ4v) is 3.60. The minimum Gasteiger partial charge on any atom is -0.378 e. The van der Waals surface area contributed by atoms with Gasteiger partial charge < -0.3 is 15.0 Å². The first-order chi connectivity index (χ1) is 10.2. The number of hydrogen-bond acceptors (Lipinski definition) is 3. The number of nitrogens with zero attached hydrogens (tertiary/aromatic N) is 1. The molecule has 1 aliphatic heterocycles. The Morgan fingerprint density at radius 1 is 1.14 bits per heavy atom. The van der Waals surface area contributed by atoms with Crippen molar-refractivity contribution in [2.24, 2.45) is 5.92 Å². The lowest BCUT2D eigenvalue weighted by Crippen LogP contribution is -2.40. The zero-order chi connectivity index (χ0) is 15.1. The molecule has 1 aliphatic carbocycles. The molecule has 1 saturated heterocycles. The van der Waals surface area contributed by atoms with Gasteiger partial charge in [-0.1, -0.05) is 13.3 Å². The molecule has 4 nitrogen and oxygen atoms in total. The molecule has 2 rings (SSSR count). The average molecular weight is 296 g/mol. The Morgan fingerprint density at radius 2 is 1.81 bits per heavy atom. The van der Waals surface area contributed by atoms with Gasteiger partial charge in [0.05, 0.1) is 19.1 Å². The number of hydrogen-bond donors (Lipinski definition) is 1. The van der Waals surface area contributed by atoms with E-state index in [0.29, 0.717) is 25.2 Å². The molecule has 122 valence electrons. The van der Waals surface area contributed by atoms with Gasteiger partial charge >= 0.3 is 0 Å². The highest BCUT2D eigenvalue weighted by Gasteiger charge is 2.25. The highest BCUT2D eigenvalue weighted by atomic mass is 16.5. The lowest BCUT2D eigenvalue weighted by atomic mass is 9.84. The molecule has 1 heterocycles. The molecule has 4 heteroatoms. The molecule has 1 saturated carbocycles. The van der Waals surface area contributed by atoms with Gasteiger partial charge in [0.1, 0.15) is 0 Å². The topological polar surface area (TPSA) is 41.6 Å². The first kappa shape index (κ1) is 16.8. The van der Waals surface area contributed by atoms with Crippen LogP contribution in [0.25, 0.3) is 0 Å². The van der Waals surface area contributed by atoms with E-state index in [1.54, 1.807) is 0 Å². The zero-order valence-electron chi connectivity index (χ0n) is 13.8. The summed E-state index contributed by atoms with van der Waals surface area (Å²) in [6, 6.07) is 0.458. The van der Waals surface area contributed by atoms with Crippen LogP contribution in [0.5, 0.6) is 0 Å². The van der Waals surface area contributed by atoms with E-state index in [1.165, 1.54) is 32.1 Å². The molecule has 0 spiro atoms. The van der Waals surface area contributed by atoms with Crippen LogP contribution in [0.1, 0.15) is 58.3 Å². The van der Waals surface area contributed by atoms with Crippen molar-refractivity contribution in [3.8, 4) is 0 Å². The van der Waals surface area contributed by atoms with Crippen LogP contribution in [-0.2, 0) is 9.53 Å². The molecule has 1 amide bonds. The molecule has 0 aromatic heterocycles. The summed E-state index contributed by atoms with van der Waals surface area (Å²) in [5.41, 5.74) is 0. The Balaban J connectivity index is 1.63. The molecule has 0 unspecified atom stereocenters. The maximum absolute atomic E-state index is 12.3. The second-order valence-electron chi connectivity index (χ2n) is 6.66. The van der Waals surface area contributed by atoms with Crippen LogP contribution in [0.15, 0.2) is 0 Å². The summed E-state index contributed by atoms with van der Waals surface area (Å²) in [6.07, 6.45) is 9.24. The first-order valence-corrected chi connectivity index (χ1v) is 8.78. The number of piperidine rings is 1. The lowest BCUT2D eigenvalue weighted by molar-refractivity contribution is -0.134. The summed E-state index contributed by atoms with van der Waals surface area (Å²) >= 11 is 0. The van der Waals surface area contributed by atoms with Crippen LogP contribution in [0.3, 0.4) is 0 Å². The number of ether oxygens (including phenoxy) is 1. The molecule has 0 bridgehead atoms. The lowest BCUT2D eigenvalue weighted by Gasteiger charge is -2.34. The van der Waals surface area contributed by atoms with Crippen LogP contribution < -0.4 is 5.32 Å². The third-order valence-corrected chi connectivity index (χ3v) is 5.29. The quantitative estimate of drug-likeness (QED) is 0.819. The van der Waals surface area contributed by atoms with Gasteiger partial charge in [-0.25, -0.2) is 0 Å². The fourth-order valence-electron chi connectivity index (χ4n) is 3.60. The van der Waals surface area contributed by atoms with Crippen molar-refractivity contribution in [3.05, 3.63) is 0 Å². The van der Waals surface area contributed by atoms with E-state index in [0.717, 1.165) is 31.8 Å². The van der Waals surface area contributed by atoms with E-state index in [2.05, 4.69) is 12.2 Å². The number of nitrogens with one attached hydrogen (secondary N) is 1. The molecule has 0 aromatic rings. The smallest absolute Gasteiger partial charge is 0.224 e. The number of carbonyl (C=O) groups is 1. The van der Waals surface area contributed by atoms with E-state index in [1.807, 2.05) is 11.9 Å². The van der Waals surface area contributed by atoms with Crippen molar-refractivity contribution >= 4 is 5.91 Å². The van der Waals surface area contributed by atoms with Gasteiger partial charge in [-0.3, -0.25) is 4.79 Å². The van der Waals surface area contributed by atoms with Gasteiger partial charge in [-0.2, -0.15) is 0 Å². The van der Waals surface area contributed by atoms with Gasteiger partial charge in [-0.15, -0.1) is 0 Å². The highest BCUT2D eigenvalue weighted by Crippen LogP contribution is 2.29. The second-order valence-corrected chi connectivity index (χ2v) is 6.66. The Kier molecular flexibility index (Phi) is 6.97. The van der Waals surface area contributed by atoms with Gasteiger partial charge in [0.15, 0.2) is 0 Å². The molecular weight excluding hydrogens is 264 g/mol. The Labute approximate surface area is 129 Å². The summed E-state index contributed by atoms with van der Waals surface area (Å²) in [5, 5.41) is 3.33. The molecule has 2 aliphatic rings. The third-order valence-electron chi connectivity index (χ3n) is 5.29. The summed E-state index contributed by atoms with van der Waals surface area (Å²) < 4.78 is 5.84. The second kappa shape index (κ2) is 8.74. The van der Waals surface area contributed by atoms with E-state index in [9.17, 15) is 4.79 Å². The van der Waals surface area contributed by atoms with Crippen molar-refractivity contribution in [2.45, 2.75) is 70.4 Å². The van der Waals surface area contributed by atoms with Gasteiger partial charge in [-0.05, 0) is 57.5 Å². The number of amides is 1. The Morgan fingerprint density at radius 3 is 2.43 bits per heavy atom. The SMILES string of the molecule is CCC1CCC(N(C)C(=O)CCOC2CCNCC2)CC1. The summed E-state index contributed by atoms with van der Waals surface area (Å²) in [7, 11) is 1.98. The standard InChI is InChI=1S/C17H32N2O2/c1-3-14-4-6-15(7-5-14)19(2)17(20)10-13-21-16-8-11-18-12-9-16/h14-16,18H,3-13H2,1-2H3. The van der Waals surface area contributed by atoms with Crippen LogP contribution in [-0.4, -0.2) is 49.7 Å². The minimum atomic E-state index is 0.254. The average Bonchev–Trinajstić information content (AvgIpc) is 2.55. The molecule has 1 N–H and O–H groups in total. The van der Waals surface area contributed by atoms with E-state index >= 15 is 0 Å².